The number of hydrogen-bond donors (Lipinski definition) is 0. The minimum atomic E-state index is -0.325. The van der Waals surface area contributed by atoms with Gasteiger partial charge in [-0.15, -0.1) is 11.8 Å². The van der Waals surface area contributed by atoms with E-state index < -0.39 is 0 Å². The number of benzene rings is 1. The Morgan fingerprint density at radius 3 is 2.26 bits per heavy atom. The number of hydrogen-bond acceptors (Lipinski definition) is 4. The third-order valence-corrected chi connectivity index (χ3v) is 3.68. The van der Waals surface area contributed by atoms with Crippen LogP contribution in [0.15, 0.2) is 29.2 Å². The van der Waals surface area contributed by atoms with E-state index in [9.17, 15) is 4.79 Å². The van der Waals surface area contributed by atoms with Crippen LogP contribution in [0.5, 0.6) is 0 Å². The molecule has 0 bridgehead atoms. The lowest BCUT2D eigenvalue weighted by Crippen LogP contribution is -2.21. The van der Waals surface area contributed by atoms with Crippen LogP contribution in [0.1, 0.15) is 18.3 Å². The molecule has 0 heterocycles. The topological polar surface area (TPSA) is 38.8 Å². The highest BCUT2D eigenvalue weighted by atomic mass is 32.2. The summed E-state index contributed by atoms with van der Waals surface area (Å²) in [7, 11) is 6.78. The third-order valence-electron chi connectivity index (χ3n) is 2.66. The predicted octanol–water partition coefficient (Wildman–Crippen LogP) is 2.55. The van der Waals surface area contributed by atoms with Crippen molar-refractivity contribution in [1.82, 2.24) is 4.90 Å². The first-order chi connectivity index (χ1) is 9.08. The smallest absolute Gasteiger partial charge is 0.222 e. The zero-order valence-corrected chi connectivity index (χ0v) is 12.7. The third kappa shape index (κ3) is 5.22. The van der Waals surface area contributed by atoms with Crippen molar-refractivity contribution in [3.63, 3.8) is 0 Å². The van der Waals surface area contributed by atoms with Crippen molar-refractivity contribution in [2.24, 2.45) is 0 Å². The van der Waals surface area contributed by atoms with Crippen LogP contribution in [0.25, 0.3) is 0 Å². The van der Waals surface area contributed by atoms with E-state index in [0.29, 0.717) is 6.42 Å². The number of thioether (sulfide) groups is 1. The summed E-state index contributed by atoms with van der Waals surface area (Å²) in [6.45, 7) is 0. The van der Waals surface area contributed by atoms with Crippen LogP contribution in [0.3, 0.4) is 0 Å². The van der Waals surface area contributed by atoms with Gasteiger partial charge >= 0.3 is 0 Å². The molecule has 0 fully saturated rings. The number of ether oxygens (including phenoxy) is 2. The maximum Gasteiger partial charge on any atom is 0.222 e. The first-order valence-electron chi connectivity index (χ1n) is 6.07. The van der Waals surface area contributed by atoms with Gasteiger partial charge in [0.25, 0.3) is 0 Å². The first kappa shape index (κ1) is 16.0. The average Bonchev–Trinajstić information content (AvgIpc) is 2.41. The van der Waals surface area contributed by atoms with E-state index in [-0.39, 0.29) is 12.2 Å². The molecule has 0 atom stereocenters. The normalized spacial score (nSPS) is 10.8. The standard InChI is InChI=1S/C14H21NO3S/c1-15(2)13(16)9-10-19-12-7-5-11(6-8-12)14(17-3)18-4/h5-8,14H,9-10H2,1-4H3. The van der Waals surface area contributed by atoms with Gasteiger partial charge in [-0.1, -0.05) is 12.1 Å². The lowest BCUT2D eigenvalue weighted by atomic mass is 10.2. The molecular formula is C14H21NO3S. The Labute approximate surface area is 119 Å². The predicted molar refractivity (Wildman–Crippen MR) is 77.2 cm³/mol. The molecule has 0 aliphatic rings. The molecule has 0 unspecified atom stereocenters. The molecule has 1 aromatic carbocycles. The minimum absolute atomic E-state index is 0.156. The zero-order chi connectivity index (χ0) is 14.3. The SMILES string of the molecule is COC(OC)c1ccc(SCCC(=O)N(C)C)cc1. The van der Waals surface area contributed by atoms with Crippen molar-refractivity contribution in [3.05, 3.63) is 29.8 Å². The monoisotopic (exact) mass is 283 g/mol. The van der Waals surface area contributed by atoms with Crippen LogP contribution in [-0.2, 0) is 14.3 Å². The average molecular weight is 283 g/mol. The quantitative estimate of drug-likeness (QED) is 0.569. The van der Waals surface area contributed by atoms with Crippen molar-refractivity contribution in [2.75, 3.05) is 34.1 Å². The van der Waals surface area contributed by atoms with Gasteiger partial charge in [0.2, 0.25) is 5.91 Å². The highest BCUT2D eigenvalue weighted by Gasteiger charge is 2.08. The molecule has 0 radical (unpaired) electrons. The molecular weight excluding hydrogens is 262 g/mol. The van der Waals surface area contributed by atoms with Crippen molar-refractivity contribution >= 4 is 17.7 Å². The van der Waals surface area contributed by atoms with Gasteiger partial charge in [0.05, 0.1) is 0 Å². The van der Waals surface area contributed by atoms with Crippen LogP contribution in [0.4, 0.5) is 0 Å². The van der Waals surface area contributed by atoms with Gasteiger partial charge < -0.3 is 14.4 Å². The number of rotatable bonds is 7. The molecule has 0 spiro atoms. The van der Waals surface area contributed by atoms with Crippen molar-refractivity contribution in [3.8, 4) is 0 Å². The summed E-state index contributed by atoms with van der Waals surface area (Å²) in [6.07, 6.45) is 0.229. The van der Waals surface area contributed by atoms with Crippen molar-refractivity contribution in [1.29, 1.82) is 0 Å². The molecule has 0 aromatic heterocycles. The van der Waals surface area contributed by atoms with Crippen molar-refractivity contribution in [2.45, 2.75) is 17.6 Å². The van der Waals surface area contributed by atoms with Gasteiger partial charge in [0, 0.05) is 50.9 Å². The second kappa shape index (κ2) is 8.19. The van der Waals surface area contributed by atoms with E-state index in [4.69, 9.17) is 9.47 Å². The van der Waals surface area contributed by atoms with Crippen molar-refractivity contribution < 1.29 is 14.3 Å². The highest BCUT2D eigenvalue weighted by molar-refractivity contribution is 7.99. The molecule has 0 aliphatic carbocycles. The summed E-state index contributed by atoms with van der Waals surface area (Å²) in [5, 5.41) is 0. The molecule has 1 rings (SSSR count). The van der Waals surface area contributed by atoms with E-state index >= 15 is 0 Å². The van der Waals surface area contributed by atoms with Gasteiger partial charge in [-0.05, 0) is 12.1 Å². The molecule has 5 heteroatoms. The Morgan fingerprint density at radius 1 is 1.21 bits per heavy atom. The van der Waals surface area contributed by atoms with Crippen LogP contribution in [-0.4, -0.2) is 44.9 Å². The molecule has 106 valence electrons. The summed E-state index contributed by atoms with van der Waals surface area (Å²) in [5.74, 6) is 0.942. The fourth-order valence-corrected chi connectivity index (χ4v) is 2.41. The van der Waals surface area contributed by atoms with Gasteiger partial charge in [-0.3, -0.25) is 4.79 Å². The second-order valence-electron chi connectivity index (χ2n) is 4.26. The van der Waals surface area contributed by atoms with E-state index in [1.807, 2.05) is 24.3 Å². The Bertz CT molecular complexity index is 388. The summed E-state index contributed by atoms with van der Waals surface area (Å²) in [4.78, 5) is 14.2. The molecule has 4 nitrogen and oxygen atoms in total. The molecule has 0 N–H and O–H groups in total. The summed E-state index contributed by atoms with van der Waals surface area (Å²) in [6, 6.07) is 8.00. The van der Waals surface area contributed by atoms with Crippen LogP contribution >= 0.6 is 11.8 Å². The fraction of sp³-hybridized carbons (Fsp3) is 0.500. The fourth-order valence-electron chi connectivity index (χ4n) is 1.57. The van der Waals surface area contributed by atoms with Crippen LogP contribution in [0.2, 0.25) is 0 Å². The first-order valence-corrected chi connectivity index (χ1v) is 7.05. The van der Waals surface area contributed by atoms with Gasteiger partial charge in [0.1, 0.15) is 0 Å². The molecule has 19 heavy (non-hydrogen) atoms. The van der Waals surface area contributed by atoms with Gasteiger partial charge in [-0.2, -0.15) is 0 Å². The highest BCUT2D eigenvalue weighted by Crippen LogP contribution is 2.23. The Hall–Kier alpha value is -1.04. The van der Waals surface area contributed by atoms with Gasteiger partial charge in [-0.25, -0.2) is 0 Å². The van der Waals surface area contributed by atoms with E-state index in [1.165, 1.54) is 0 Å². The largest absolute Gasteiger partial charge is 0.352 e. The molecule has 0 saturated heterocycles. The molecule has 0 aliphatic heterocycles. The zero-order valence-electron chi connectivity index (χ0n) is 11.9. The maximum absolute atomic E-state index is 11.4. The minimum Gasteiger partial charge on any atom is -0.352 e. The summed E-state index contributed by atoms with van der Waals surface area (Å²) >= 11 is 1.67. The van der Waals surface area contributed by atoms with Crippen LogP contribution in [0, 0.1) is 0 Å². The molecule has 0 saturated carbocycles. The lowest BCUT2D eigenvalue weighted by molar-refractivity contribution is -0.128. The molecule has 1 amide bonds. The number of carbonyl (C=O) groups excluding carboxylic acids is 1. The number of nitrogens with zero attached hydrogens (tertiary/aromatic N) is 1. The lowest BCUT2D eigenvalue weighted by Gasteiger charge is -2.14. The maximum atomic E-state index is 11.4. The number of amides is 1. The Morgan fingerprint density at radius 2 is 1.79 bits per heavy atom. The number of carbonyl (C=O) groups is 1. The Balaban J connectivity index is 2.46. The number of methoxy groups -OCH3 is 2. The Kier molecular flexibility index (Phi) is 6.91. The van der Waals surface area contributed by atoms with E-state index in [1.54, 1.807) is 45.0 Å². The second-order valence-corrected chi connectivity index (χ2v) is 5.43. The van der Waals surface area contributed by atoms with Gasteiger partial charge in [0.15, 0.2) is 6.29 Å². The van der Waals surface area contributed by atoms with E-state index in [0.717, 1.165) is 16.2 Å². The summed E-state index contributed by atoms with van der Waals surface area (Å²) in [5.41, 5.74) is 0.985. The van der Waals surface area contributed by atoms with E-state index in [2.05, 4.69) is 0 Å². The van der Waals surface area contributed by atoms with Crippen LogP contribution < -0.4 is 0 Å². The molecule has 1 aromatic rings. The summed E-state index contributed by atoms with van der Waals surface area (Å²) < 4.78 is 10.4.